The molecule has 0 bridgehead atoms. The Balaban J connectivity index is 2.02. The number of hydrogen-bond acceptors (Lipinski definition) is 3. The van der Waals surface area contributed by atoms with Crippen molar-refractivity contribution in [3.8, 4) is 11.5 Å². The lowest BCUT2D eigenvalue weighted by Crippen LogP contribution is -2.01. The predicted octanol–water partition coefficient (Wildman–Crippen LogP) is 3.53. The van der Waals surface area contributed by atoms with Crippen LogP contribution in [0.5, 0.6) is 11.5 Å². The average molecular weight is 274 g/mol. The van der Waals surface area contributed by atoms with Crippen LogP contribution in [-0.2, 0) is 13.1 Å². The van der Waals surface area contributed by atoms with Gasteiger partial charge >= 0.3 is 0 Å². The molecule has 108 valence electrons. The van der Waals surface area contributed by atoms with Gasteiger partial charge in [-0.1, -0.05) is 6.92 Å². The topological polar surface area (TPSA) is 35.4 Å². The number of benzene rings is 1. The molecule has 1 aromatic carbocycles. The lowest BCUT2D eigenvalue weighted by Gasteiger charge is -2.12. The molecular formula is C16H22N2O2. The molecule has 0 aliphatic rings. The molecule has 0 unspecified atom stereocenters. The van der Waals surface area contributed by atoms with Gasteiger partial charge in [-0.25, -0.2) is 0 Å². The Kier molecular flexibility index (Phi) is 4.93. The second kappa shape index (κ2) is 6.89. The van der Waals surface area contributed by atoms with Crippen LogP contribution in [-0.4, -0.2) is 18.8 Å². The number of hydrogen-bond donors (Lipinski definition) is 1. The molecule has 2 rings (SSSR count). The van der Waals surface area contributed by atoms with Crippen molar-refractivity contribution in [3.63, 3.8) is 0 Å². The zero-order valence-electron chi connectivity index (χ0n) is 12.3. The van der Waals surface area contributed by atoms with Gasteiger partial charge in [-0.2, -0.15) is 0 Å². The first-order valence-electron chi connectivity index (χ1n) is 6.87. The normalized spacial score (nSPS) is 10.3. The van der Waals surface area contributed by atoms with Crippen LogP contribution >= 0.6 is 0 Å². The predicted molar refractivity (Wildman–Crippen MR) is 81.6 cm³/mol. The van der Waals surface area contributed by atoms with Crippen molar-refractivity contribution < 1.29 is 9.47 Å². The van der Waals surface area contributed by atoms with Gasteiger partial charge in [0, 0.05) is 31.5 Å². The number of anilines is 1. The summed E-state index contributed by atoms with van der Waals surface area (Å²) < 4.78 is 12.8. The Morgan fingerprint density at radius 2 is 2.00 bits per heavy atom. The summed E-state index contributed by atoms with van der Waals surface area (Å²) in [4.78, 5) is 0. The van der Waals surface area contributed by atoms with Crippen molar-refractivity contribution in [2.45, 2.75) is 26.4 Å². The molecule has 1 aromatic heterocycles. The average Bonchev–Trinajstić information content (AvgIpc) is 2.93. The molecule has 0 fully saturated rings. The molecule has 0 spiro atoms. The first-order chi connectivity index (χ1) is 9.76. The standard InChI is InChI=1S/C16H22N2O2/c1-4-8-18-9-7-13(12-18)11-17-15-6-5-14(19-2)10-16(15)20-3/h5-7,9-10,12,17H,4,8,11H2,1-3H3. The van der Waals surface area contributed by atoms with Crippen molar-refractivity contribution in [3.05, 3.63) is 42.2 Å². The number of rotatable bonds is 7. The SMILES string of the molecule is CCCn1ccc(CNc2ccc(OC)cc2OC)c1. The van der Waals surface area contributed by atoms with Crippen molar-refractivity contribution in [2.75, 3.05) is 19.5 Å². The van der Waals surface area contributed by atoms with Gasteiger partial charge in [0.25, 0.3) is 0 Å². The van der Waals surface area contributed by atoms with Crippen LogP contribution in [0.2, 0.25) is 0 Å². The molecule has 0 radical (unpaired) electrons. The molecule has 4 nitrogen and oxygen atoms in total. The van der Waals surface area contributed by atoms with Crippen LogP contribution in [0, 0.1) is 0 Å². The Bertz CT molecular complexity index is 549. The van der Waals surface area contributed by atoms with Crippen molar-refractivity contribution in [2.24, 2.45) is 0 Å². The van der Waals surface area contributed by atoms with E-state index in [0.29, 0.717) is 0 Å². The summed E-state index contributed by atoms with van der Waals surface area (Å²) in [7, 11) is 3.32. The fraction of sp³-hybridized carbons (Fsp3) is 0.375. The maximum Gasteiger partial charge on any atom is 0.145 e. The highest BCUT2D eigenvalue weighted by atomic mass is 16.5. The molecule has 4 heteroatoms. The number of nitrogens with zero attached hydrogens (tertiary/aromatic N) is 1. The third kappa shape index (κ3) is 3.47. The first kappa shape index (κ1) is 14.3. The maximum absolute atomic E-state index is 5.37. The number of methoxy groups -OCH3 is 2. The number of aromatic nitrogens is 1. The van der Waals surface area contributed by atoms with Crippen LogP contribution in [0.3, 0.4) is 0 Å². The minimum Gasteiger partial charge on any atom is -0.497 e. The van der Waals surface area contributed by atoms with E-state index in [2.05, 4.69) is 35.3 Å². The molecule has 1 heterocycles. The molecule has 0 aliphatic carbocycles. The molecule has 0 atom stereocenters. The Labute approximate surface area is 120 Å². The molecule has 0 saturated heterocycles. The zero-order chi connectivity index (χ0) is 14.4. The van der Waals surface area contributed by atoms with Gasteiger partial charge in [0.2, 0.25) is 0 Å². The van der Waals surface area contributed by atoms with Crippen LogP contribution < -0.4 is 14.8 Å². The smallest absolute Gasteiger partial charge is 0.145 e. The van der Waals surface area contributed by atoms with Gasteiger partial charge < -0.3 is 19.4 Å². The fourth-order valence-electron chi connectivity index (χ4n) is 2.13. The van der Waals surface area contributed by atoms with Crippen molar-refractivity contribution >= 4 is 5.69 Å². The van der Waals surface area contributed by atoms with Gasteiger partial charge in [-0.3, -0.25) is 0 Å². The summed E-state index contributed by atoms with van der Waals surface area (Å²) in [6.07, 6.45) is 5.44. The minimum atomic E-state index is 0.777. The fourth-order valence-corrected chi connectivity index (χ4v) is 2.13. The minimum absolute atomic E-state index is 0.777. The molecule has 2 aromatic rings. The first-order valence-corrected chi connectivity index (χ1v) is 6.87. The quantitative estimate of drug-likeness (QED) is 0.839. The van der Waals surface area contributed by atoms with E-state index >= 15 is 0 Å². The van der Waals surface area contributed by atoms with E-state index in [1.54, 1.807) is 14.2 Å². The third-order valence-electron chi connectivity index (χ3n) is 3.19. The number of aryl methyl sites for hydroxylation is 1. The van der Waals surface area contributed by atoms with Gasteiger partial charge in [0.05, 0.1) is 19.9 Å². The number of ether oxygens (including phenoxy) is 2. The highest BCUT2D eigenvalue weighted by Crippen LogP contribution is 2.29. The zero-order valence-corrected chi connectivity index (χ0v) is 12.3. The van der Waals surface area contributed by atoms with E-state index in [4.69, 9.17) is 9.47 Å². The van der Waals surface area contributed by atoms with Crippen molar-refractivity contribution in [1.82, 2.24) is 4.57 Å². The second-order valence-corrected chi connectivity index (χ2v) is 4.68. The Morgan fingerprint density at radius 1 is 1.15 bits per heavy atom. The number of nitrogens with one attached hydrogen (secondary N) is 1. The largest absolute Gasteiger partial charge is 0.497 e. The van der Waals surface area contributed by atoms with Gasteiger partial charge in [-0.15, -0.1) is 0 Å². The van der Waals surface area contributed by atoms with E-state index < -0.39 is 0 Å². The van der Waals surface area contributed by atoms with Gasteiger partial charge in [0.15, 0.2) is 0 Å². The van der Waals surface area contributed by atoms with E-state index in [9.17, 15) is 0 Å². The summed E-state index contributed by atoms with van der Waals surface area (Å²) in [5, 5.41) is 3.39. The van der Waals surface area contributed by atoms with Crippen LogP contribution in [0.4, 0.5) is 5.69 Å². The highest BCUT2D eigenvalue weighted by molar-refractivity contribution is 5.59. The molecule has 0 amide bonds. The summed E-state index contributed by atoms with van der Waals surface area (Å²) in [5.41, 5.74) is 2.23. The summed E-state index contributed by atoms with van der Waals surface area (Å²) in [6, 6.07) is 7.91. The van der Waals surface area contributed by atoms with E-state index in [1.165, 1.54) is 5.56 Å². The van der Waals surface area contributed by atoms with E-state index in [0.717, 1.165) is 36.7 Å². The lowest BCUT2D eigenvalue weighted by atomic mass is 10.2. The Morgan fingerprint density at radius 3 is 2.70 bits per heavy atom. The third-order valence-corrected chi connectivity index (χ3v) is 3.19. The molecule has 0 saturated carbocycles. The van der Waals surface area contributed by atoms with Gasteiger partial charge in [0.1, 0.15) is 11.5 Å². The van der Waals surface area contributed by atoms with Crippen molar-refractivity contribution in [1.29, 1.82) is 0 Å². The van der Waals surface area contributed by atoms with Crippen LogP contribution in [0.15, 0.2) is 36.7 Å². The van der Waals surface area contributed by atoms with Crippen LogP contribution in [0.1, 0.15) is 18.9 Å². The van der Waals surface area contributed by atoms with Crippen LogP contribution in [0.25, 0.3) is 0 Å². The van der Waals surface area contributed by atoms with E-state index in [1.807, 2.05) is 18.2 Å². The lowest BCUT2D eigenvalue weighted by molar-refractivity contribution is 0.395. The summed E-state index contributed by atoms with van der Waals surface area (Å²) in [5.74, 6) is 1.58. The molecule has 1 N–H and O–H groups in total. The summed E-state index contributed by atoms with van der Waals surface area (Å²) >= 11 is 0. The highest BCUT2D eigenvalue weighted by Gasteiger charge is 2.05. The molecular weight excluding hydrogens is 252 g/mol. The summed E-state index contributed by atoms with van der Waals surface area (Å²) in [6.45, 7) is 4.02. The maximum atomic E-state index is 5.37. The monoisotopic (exact) mass is 274 g/mol. The second-order valence-electron chi connectivity index (χ2n) is 4.68. The molecule has 0 aliphatic heterocycles. The van der Waals surface area contributed by atoms with Gasteiger partial charge in [-0.05, 0) is 30.2 Å². The van der Waals surface area contributed by atoms with E-state index in [-0.39, 0.29) is 0 Å². The Hall–Kier alpha value is -2.10. The molecule has 20 heavy (non-hydrogen) atoms.